The molecule has 1 amide bonds. The molecule has 116 valence electrons. The summed E-state index contributed by atoms with van der Waals surface area (Å²) in [5.74, 6) is 2.80. The molecule has 0 unspecified atom stereocenters. The van der Waals surface area contributed by atoms with Crippen LogP contribution in [-0.2, 0) is 0 Å². The first kappa shape index (κ1) is 15.7. The van der Waals surface area contributed by atoms with Crippen LogP contribution in [0.3, 0.4) is 0 Å². The van der Waals surface area contributed by atoms with Crippen LogP contribution in [0.1, 0.15) is 36.0 Å². The fraction of sp³-hybridized carbons (Fsp3) is 0.500. The molecule has 21 heavy (non-hydrogen) atoms. The number of nitrogens with one attached hydrogen (secondary N) is 1. The Kier molecular flexibility index (Phi) is 5.08. The first-order chi connectivity index (χ1) is 10.1. The van der Waals surface area contributed by atoms with E-state index in [4.69, 9.17) is 10.9 Å². The minimum atomic E-state index is -0.906. The number of carbonyl (C=O) groups is 1. The van der Waals surface area contributed by atoms with Crippen molar-refractivity contribution in [2.75, 3.05) is 18.6 Å². The standard InChI is InChI=1S/C14H19F2N3O2/c15-11-7-9(8-12(16)13(11)18-17)14(21)19(5-2-6-20)10-3-1-4-10/h7-8,10,18,20H,1-6,17H2. The zero-order chi connectivity index (χ0) is 15.4. The van der Waals surface area contributed by atoms with Crippen LogP contribution in [0.25, 0.3) is 0 Å². The topological polar surface area (TPSA) is 78.6 Å². The highest BCUT2D eigenvalue weighted by atomic mass is 19.1. The zero-order valence-corrected chi connectivity index (χ0v) is 11.6. The van der Waals surface area contributed by atoms with Crippen LogP contribution in [0.2, 0.25) is 0 Å². The van der Waals surface area contributed by atoms with Gasteiger partial charge in [-0.25, -0.2) is 8.78 Å². The Morgan fingerprint density at radius 2 is 2.00 bits per heavy atom. The Labute approximate surface area is 121 Å². The molecule has 1 saturated carbocycles. The second-order valence-corrected chi connectivity index (χ2v) is 5.12. The fourth-order valence-electron chi connectivity index (χ4n) is 2.39. The SMILES string of the molecule is NNc1c(F)cc(C(=O)N(CCCO)C2CCC2)cc1F. The van der Waals surface area contributed by atoms with E-state index in [1.165, 1.54) is 0 Å². The molecular formula is C14H19F2N3O2. The molecular weight excluding hydrogens is 280 g/mol. The van der Waals surface area contributed by atoms with Gasteiger partial charge in [0.15, 0.2) is 11.6 Å². The van der Waals surface area contributed by atoms with E-state index in [-0.39, 0.29) is 18.2 Å². The molecule has 2 rings (SSSR count). The maximum Gasteiger partial charge on any atom is 0.254 e. The number of anilines is 1. The Morgan fingerprint density at radius 3 is 2.43 bits per heavy atom. The molecule has 7 heteroatoms. The lowest BCUT2D eigenvalue weighted by molar-refractivity contribution is 0.0561. The smallest absolute Gasteiger partial charge is 0.254 e. The maximum atomic E-state index is 13.7. The fourth-order valence-corrected chi connectivity index (χ4v) is 2.39. The first-order valence-corrected chi connectivity index (χ1v) is 6.96. The minimum Gasteiger partial charge on any atom is -0.396 e. The molecule has 1 aromatic carbocycles. The summed E-state index contributed by atoms with van der Waals surface area (Å²) < 4.78 is 27.4. The lowest BCUT2D eigenvalue weighted by atomic mass is 9.90. The lowest BCUT2D eigenvalue weighted by Crippen LogP contribution is -2.45. The van der Waals surface area contributed by atoms with Crippen molar-refractivity contribution in [2.45, 2.75) is 31.7 Å². The highest BCUT2D eigenvalue weighted by molar-refractivity contribution is 5.95. The molecule has 0 spiro atoms. The van der Waals surface area contributed by atoms with E-state index in [2.05, 4.69) is 0 Å². The number of rotatable bonds is 6. The van der Waals surface area contributed by atoms with Crippen LogP contribution in [0.5, 0.6) is 0 Å². The first-order valence-electron chi connectivity index (χ1n) is 6.96. The highest BCUT2D eigenvalue weighted by Crippen LogP contribution is 2.27. The number of hydrazine groups is 1. The van der Waals surface area contributed by atoms with E-state index in [1.807, 2.05) is 5.43 Å². The summed E-state index contributed by atoms with van der Waals surface area (Å²) in [7, 11) is 0. The highest BCUT2D eigenvalue weighted by Gasteiger charge is 2.29. The molecule has 1 fully saturated rings. The number of hydrogen-bond acceptors (Lipinski definition) is 4. The molecule has 0 heterocycles. The third-order valence-electron chi connectivity index (χ3n) is 3.77. The number of nitrogens with zero attached hydrogens (tertiary/aromatic N) is 1. The van der Waals surface area contributed by atoms with Gasteiger partial charge in [0.25, 0.3) is 5.91 Å². The van der Waals surface area contributed by atoms with Gasteiger partial charge in [-0.1, -0.05) is 0 Å². The molecule has 1 aliphatic rings. The van der Waals surface area contributed by atoms with Crippen molar-refractivity contribution in [1.29, 1.82) is 0 Å². The van der Waals surface area contributed by atoms with E-state index >= 15 is 0 Å². The monoisotopic (exact) mass is 299 g/mol. The summed E-state index contributed by atoms with van der Waals surface area (Å²) >= 11 is 0. The summed E-state index contributed by atoms with van der Waals surface area (Å²) in [5, 5.41) is 8.92. The molecule has 5 nitrogen and oxygen atoms in total. The molecule has 0 aromatic heterocycles. The number of aliphatic hydroxyl groups is 1. The number of nitrogens with two attached hydrogens (primary N) is 1. The third-order valence-corrected chi connectivity index (χ3v) is 3.77. The average Bonchev–Trinajstić information content (AvgIpc) is 2.40. The number of carbonyl (C=O) groups excluding carboxylic acids is 1. The van der Waals surface area contributed by atoms with Gasteiger partial charge in [-0.15, -0.1) is 0 Å². The molecule has 0 radical (unpaired) electrons. The van der Waals surface area contributed by atoms with E-state index in [0.29, 0.717) is 13.0 Å². The van der Waals surface area contributed by atoms with Crippen LogP contribution >= 0.6 is 0 Å². The van der Waals surface area contributed by atoms with Crippen LogP contribution in [0.15, 0.2) is 12.1 Å². The van der Waals surface area contributed by atoms with Gasteiger partial charge >= 0.3 is 0 Å². The molecule has 0 atom stereocenters. The number of halogens is 2. The lowest BCUT2D eigenvalue weighted by Gasteiger charge is -2.37. The summed E-state index contributed by atoms with van der Waals surface area (Å²) in [6.45, 7) is 0.343. The number of aliphatic hydroxyl groups excluding tert-OH is 1. The molecule has 1 aliphatic carbocycles. The Morgan fingerprint density at radius 1 is 1.38 bits per heavy atom. The van der Waals surface area contributed by atoms with Crippen LogP contribution in [0, 0.1) is 11.6 Å². The van der Waals surface area contributed by atoms with E-state index in [0.717, 1.165) is 31.4 Å². The molecule has 4 N–H and O–H groups in total. The van der Waals surface area contributed by atoms with Crippen molar-refractivity contribution in [3.63, 3.8) is 0 Å². The summed E-state index contributed by atoms with van der Waals surface area (Å²) in [6.07, 6.45) is 3.23. The maximum absolute atomic E-state index is 13.7. The quantitative estimate of drug-likeness (QED) is 0.551. The van der Waals surface area contributed by atoms with Gasteiger partial charge in [-0.05, 0) is 37.8 Å². The predicted octanol–water partition coefficient (Wildman–Crippen LogP) is 1.63. The zero-order valence-electron chi connectivity index (χ0n) is 11.6. The number of benzene rings is 1. The molecule has 0 saturated heterocycles. The molecule has 0 bridgehead atoms. The van der Waals surface area contributed by atoms with Crippen molar-refractivity contribution in [3.05, 3.63) is 29.3 Å². The van der Waals surface area contributed by atoms with Gasteiger partial charge in [0.2, 0.25) is 0 Å². The Hall–Kier alpha value is -1.73. The van der Waals surface area contributed by atoms with Crippen molar-refractivity contribution in [3.8, 4) is 0 Å². The largest absolute Gasteiger partial charge is 0.396 e. The van der Waals surface area contributed by atoms with Gasteiger partial charge < -0.3 is 15.4 Å². The normalized spacial score (nSPS) is 14.7. The number of amides is 1. The van der Waals surface area contributed by atoms with Gasteiger partial charge in [0.05, 0.1) is 0 Å². The third kappa shape index (κ3) is 3.30. The van der Waals surface area contributed by atoms with E-state index in [1.54, 1.807) is 4.90 Å². The van der Waals surface area contributed by atoms with Crippen molar-refractivity contribution < 1.29 is 18.7 Å². The number of nitrogen functional groups attached to an aromatic ring is 1. The van der Waals surface area contributed by atoms with Crippen LogP contribution in [-0.4, -0.2) is 35.1 Å². The Bertz CT molecular complexity index is 498. The van der Waals surface area contributed by atoms with Gasteiger partial charge in [-0.3, -0.25) is 10.6 Å². The minimum absolute atomic E-state index is 0.0325. The second-order valence-electron chi connectivity index (χ2n) is 5.12. The summed E-state index contributed by atoms with van der Waals surface area (Å²) in [5.41, 5.74) is 1.42. The van der Waals surface area contributed by atoms with Crippen LogP contribution < -0.4 is 11.3 Å². The van der Waals surface area contributed by atoms with Crippen molar-refractivity contribution in [2.24, 2.45) is 5.84 Å². The van der Waals surface area contributed by atoms with E-state index in [9.17, 15) is 13.6 Å². The average molecular weight is 299 g/mol. The van der Waals surface area contributed by atoms with Gasteiger partial charge in [0.1, 0.15) is 5.69 Å². The van der Waals surface area contributed by atoms with Gasteiger partial charge in [-0.2, -0.15) is 0 Å². The molecule has 0 aliphatic heterocycles. The second kappa shape index (κ2) is 6.82. The van der Waals surface area contributed by atoms with E-state index < -0.39 is 23.2 Å². The predicted molar refractivity (Wildman–Crippen MR) is 74.5 cm³/mol. The molecule has 1 aromatic rings. The summed E-state index contributed by atoms with van der Waals surface area (Å²) in [6, 6.07) is 2.04. The van der Waals surface area contributed by atoms with Gasteiger partial charge in [0, 0.05) is 24.8 Å². The summed E-state index contributed by atoms with van der Waals surface area (Å²) in [4.78, 5) is 14.0. The van der Waals surface area contributed by atoms with Crippen molar-refractivity contribution >= 4 is 11.6 Å². The Balaban J connectivity index is 2.23. The number of hydrogen-bond donors (Lipinski definition) is 3. The van der Waals surface area contributed by atoms with Crippen molar-refractivity contribution in [1.82, 2.24) is 4.90 Å². The van der Waals surface area contributed by atoms with Crippen LogP contribution in [0.4, 0.5) is 14.5 Å².